The van der Waals surface area contributed by atoms with Gasteiger partial charge in [0.25, 0.3) is 0 Å². The van der Waals surface area contributed by atoms with Gasteiger partial charge in [-0.25, -0.2) is 4.57 Å². The molecule has 0 aromatic rings. The number of esters is 2. The van der Waals surface area contributed by atoms with Crippen LogP contribution in [0.15, 0.2) is 72.9 Å². The predicted molar refractivity (Wildman–Crippen MR) is 279 cm³/mol. The predicted octanol–water partition coefficient (Wildman–Crippen LogP) is 16.1. The second-order valence-corrected chi connectivity index (χ2v) is 20.4. The van der Waals surface area contributed by atoms with Crippen molar-refractivity contribution >= 4 is 19.8 Å². The number of ether oxygens (including phenoxy) is 2. The monoisotopic (exact) mass is 947 g/mol. The number of hydrogen-bond acceptors (Lipinski definition) is 7. The normalized spacial score (nSPS) is 14.0. The molecule has 0 aromatic carbocycles. The first-order chi connectivity index (χ1) is 32.0. The highest BCUT2D eigenvalue weighted by molar-refractivity contribution is 7.47. The Hall–Kier alpha value is -2.55. The topological polar surface area (TPSA) is 108 Å². The van der Waals surface area contributed by atoms with Gasteiger partial charge in [0.1, 0.15) is 19.8 Å². The van der Waals surface area contributed by atoms with Crippen LogP contribution in [0.25, 0.3) is 0 Å². The number of nitrogens with zero attached hydrogens (tertiary/aromatic N) is 1. The molecule has 0 aliphatic rings. The highest BCUT2D eigenvalue weighted by Gasteiger charge is 2.27. The lowest BCUT2D eigenvalue weighted by molar-refractivity contribution is -0.870. The Morgan fingerprint density at radius 2 is 0.848 bits per heavy atom. The molecule has 382 valence electrons. The summed E-state index contributed by atoms with van der Waals surface area (Å²) in [6, 6.07) is 0. The molecular formula is C56H101NO8P+. The first kappa shape index (κ1) is 63.5. The quantitative estimate of drug-likeness (QED) is 0.0211. The van der Waals surface area contributed by atoms with Crippen molar-refractivity contribution in [2.24, 2.45) is 0 Å². The highest BCUT2D eigenvalue weighted by Crippen LogP contribution is 2.43. The van der Waals surface area contributed by atoms with E-state index in [4.69, 9.17) is 18.5 Å². The van der Waals surface area contributed by atoms with Crippen molar-refractivity contribution in [1.82, 2.24) is 0 Å². The van der Waals surface area contributed by atoms with Gasteiger partial charge >= 0.3 is 19.8 Å². The molecule has 66 heavy (non-hydrogen) atoms. The molecule has 9 nitrogen and oxygen atoms in total. The third-order valence-electron chi connectivity index (χ3n) is 11.2. The fourth-order valence-corrected chi connectivity index (χ4v) is 7.80. The molecule has 0 saturated heterocycles. The summed E-state index contributed by atoms with van der Waals surface area (Å²) in [5.41, 5.74) is 0. The summed E-state index contributed by atoms with van der Waals surface area (Å²) < 4.78 is 34.3. The van der Waals surface area contributed by atoms with Crippen molar-refractivity contribution in [3.8, 4) is 0 Å². The second kappa shape index (κ2) is 47.5. The fraction of sp³-hybridized carbons (Fsp3) is 0.750. The Bertz CT molecular complexity index is 1350. The Morgan fingerprint density at radius 3 is 1.32 bits per heavy atom. The average molecular weight is 947 g/mol. The molecule has 0 fully saturated rings. The Kier molecular flexibility index (Phi) is 45.7. The summed E-state index contributed by atoms with van der Waals surface area (Å²) in [7, 11) is 1.41. The summed E-state index contributed by atoms with van der Waals surface area (Å²) in [6.07, 6.45) is 61.4. The van der Waals surface area contributed by atoms with E-state index in [0.29, 0.717) is 23.9 Å². The number of rotatable bonds is 48. The number of unbranched alkanes of at least 4 members (excludes halogenated alkanes) is 22. The third kappa shape index (κ3) is 50.9. The minimum absolute atomic E-state index is 0.0120. The van der Waals surface area contributed by atoms with Gasteiger partial charge in [-0.05, 0) is 70.6 Å². The van der Waals surface area contributed by atoms with Crippen LogP contribution in [0.4, 0.5) is 0 Å². The summed E-state index contributed by atoms with van der Waals surface area (Å²) in [6.45, 7) is 4.30. The standard InChI is InChI=1S/C56H100NO8P/c1-6-8-10-12-14-16-18-20-22-24-26-27-28-29-31-32-34-36-38-40-42-44-46-48-55(58)62-52-54(53-64-66(60,61)63-51-50-57(3,4)5)65-56(59)49-47-45-43-41-39-37-35-33-30-25-23-21-19-17-15-13-11-9-7-2/h15,17,21,23,30,33,37,39-40,42-43,45,54H,6-14,16,18-20,22,24-29,31-32,34-36,38,41,44,46-53H2,1-5H3/p+1/b17-15+,23-21+,33-30+,39-37+,42-40+,45-43+/t54-/m1/s1. The molecule has 0 aromatic heterocycles. The van der Waals surface area contributed by atoms with Gasteiger partial charge < -0.3 is 18.9 Å². The van der Waals surface area contributed by atoms with E-state index in [1.165, 1.54) is 141 Å². The number of phosphoric acid groups is 1. The van der Waals surface area contributed by atoms with Crippen molar-refractivity contribution in [2.75, 3.05) is 47.5 Å². The van der Waals surface area contributed by atoms with E-state index in [-0.39, 0.29) is 26.1 Å². The molecule has 0 spiro atoms. The van der Waals surface area contributed by atoms with E-state index in [1.54, 1.807) is 0 Å². The zero-order valence-electron chi connectivity index (χ0n) is 43.2. The summed E-state index contributed by atoms with van der Waals surface area (Å²) in [4.78, 5) is 35.5. The molecule has 0 radical (unpaired) electrons. The van der Waals surface area contributed by atoms with Crippen molar-refractivity contribution in [3.63, 3.8) is 0 Å². The van der Waals surface area contributed by atoms with Crippen LogP contribution in [-0.2, 0) is 32.7 Å². The van der Waals surface area contributed by atoms with Crippen molar-refractivity contribution in [2.45, 2.75) is 225 Å². The van der Waals surface area contributed by atoms with E-state index < -0.39 is 32.5 Å². The van der Waals surface area contributed by atoms with Gasteiger partial charge in [0.2, 0.25) is 0 Å². The van der Waals surface area contributed by atoms with E-state index in [9.17, 15) is 19.0 Å². The van der Waals surface area contributed by atoms with E-state index in [0.717, 1.165) is 38.5 Å². The largest absolute Gasteiger partial charge is 0.472 e. The van der Waals surface area contributed by atoms with Crippen LogP contribution in [0.2, 0.25) is 0 Å². The van der Waals surface area contributed by atoms with Crippen molar-refractivity contribution in [1.29, 1.82) is 0 Å². The minimum atomic E-state index is -4.41. The van der Waals surface area contributed by atoms with Crippen LogP contribution in [0.3, 0.4) is 0 Å². The summed E-state index contributed by atoms with van der Waals surface area (Å²) in [5, 5.41) is 0. The Balaban J connectivity index is 4.34. The zero-order valence-corrected chi connectivity index (χ0v) is 44.1. The first-order valence-electron chi connectivity index (χ1n) is 26.7. The van der Waals surface area contributed by atoms with Crippen LogP contribution in [-0.4, -0.2) is 74.9 Å². The van der Waals surface area contributed by atoms with Crippen molar-refractivity contribution in [3.05, 3.63) is 72.9 Å². The lowest BCUT2D eigenvalue weighted by Crippen LogP contribution is -2.37. The molecule has 0 bridgehead atoms. The smallest absolute Gasteiger partial charge is 0.462 e. The lowest BCUT2D eigenvalue weighted by atomic mass is 10.0. The number of phosphoric ester groups is 1. The zero-order chi connectivity index (χ0) is 48.5. The van der Waals surface area contributed by atoms with Gasteiger partial charge in [0.15, 0.2) is 6.10 Å². The number of allylic oxidation sites excluding steroid dienone is 12. The Morgan fingerprint density at radius 1 is 0.470 bits per heavy atom. The lowest BCUT2D eigenvalue weighted by Gasteiger charge is -2.24. The van der Waals surface area contributed by atoms with Gasteiger partial charge in [0.05, 0.1) is 27.7 Å². The van der Waals surface area contributed by atoms with Crippen LogP contribution in [0, 0.1) is 0 Å². The SMILES string of the molecule is CCCCC/C=C/C/C=C/C/C=C/C/C=C/C/C=C/CCC(=O)O[C@H](COC(=O)CCC/C=C/CCCCCCCCCCCCCCCCCCCC)COP(=O)(O)OCC[N+](C)(C)C. The molecule has 0 aliphatic carbocycles. The molecule has 0 amide bonds. The third-order valence-corrected chi connectivity index (χ3v) is 12.2. The van der Waals surface area contributed by atoms with Crippen LogP contribution in [0.1, 0.15) is 219 Å². The van der Waals surface area contributed by atoms with Crippen LogP contribution in [0.5, 0.6) is 0 Å². The number of carbonyl (C=O) groups excluding carboxylic acids is 2. The molecule has 1 unspecified atom stereocenters. The maximum Gasteiger partial charge on any atom is 0.472 e. The molecule has 0 aliphatic heterocycles. The highest BCUT2D eigenvalue weighted by atomic mass is 31.2. The Labute approximate surface area is 406 Å². The molecule has 0 saturated carbocycles. The fourth-order valence-electron chi connectivity index (χ4n) is 7.06. The molecule has 0 heterocycles. The average Bonchev–Trinajstić information content (AvgIpc) is 3.27. The molecule has 2 atom stereocenters. The molecular weight excluding hydrogens is 846 g/mol. The molecule has 10 heteroatoms. The number of carbonyl (C=O) groups is 2. The van der Waals surface area contributed by atoms with E-state index in [2.05, 4.69) is 74.6 Å². The van der Waals surface area contributed by atoms with Gasteiger partial charge in [-0.2, -0.15) is 0 Å². The number of quaternary nitrogens is 1. The maximum absolute atomic E-state index is 12.7. The van der Waals surface area contributed by atoms with E-state index in [1.807, 2.05) is 33.3 Å². The summed E-state index contributed by atoms with van der Waals surface area (Å²) in [5.74, 6) is -0.931. The second-order valence-electron chi connectivity index (χ2n) is 18.9. The van der Waals surface area contributed by atoms with Gasteiger partial charge in [-0.1, -0.05) is 209 Å². The summed E-state index contributed by atoms with van der Waals surface area (Å²) >= 11 is 0. The number of hydrogen-bond donors (Lipinski definition) is 1. The molecule has 0 rings (SSSR count). The molecule has 1 N–H and O–H groups in total. The minimum Gasteiger partial charge on any atom is -0.462 e. The maximum atomic E-state index is 12.7. The van der Waals surface area contributed by atoms with Gasteiger partial charge in [-0.15, -0.1) is 0 Å². The van der Waals surface area contributed by atoms with Crippen LogP contribution >= 0.6 is 7.82 Å². The first-order valence-corrected chi connectivity index (χ1v) is 28.2. The van der Waals surface area contributed by atoms with Crippen molar-refractivity contribution < 1.29 is 42.1 Å². The van der Waals surface area contributed by atoms with Gasteiger partial charge in [-0.3, -0.25) is 18.6 Å². The number of likely N-dealkylation sites (N-methyl/N-ethyl adjacent to an activating group) is 1. The van der Waals surface area contributed by atoms with Crippen LogP contribution < -0.4 is 0 Å². The van der Waals surface area contributed by atoms with E-state index >= 15 is 0 Å². The van der Waals surface area contributed by atoms with Gasteiger partial charge in [0, 0.05) is 12.8 Å².